The largest absolute Gasteiger partial charge is 0.467 e. The van der Waals surface area contributed by atoms with Gasteiger partial charge in [0, 0.05) is 11.6 Å². The van der Waals surface area contributed by atoms with E-state index in [1.54, 1.807) is 24.3 Å². The summed E-state index contributed by atoms with van der Waals surface area (Å²) in [6, 6.07) is 11.2. The van der Waals surface area contributed by atoms with Gasteiger partial charge >= 0.3 is 0 Å². The van der Waals surface area contributed by atoms with Gasteiger partial charge in [-0.3, -0.25) is 14.9 Å². The van der Waals surface area contributed by atoms with E-state index in [1.807, 2.05) is 0 Å². The van der Waals surface area contributed by atoms with Gasteiger partial charge in [0.1, 0.15) is 29.9 Å². The van der Waals surface area contributed by atoms with Crippen LogP contribution in [-0.2, 0) is 13.1 Å². The molecule has 29 heavy (non-hydrogen) atoms. The number of carbonyl (C=O) groups excluding carboxylic acids is 1. The highest BCUT2D eigenvalue weighted by atomic mass is 16.6. The molecule has 0 aliphatic carbocycles. The monoisotopic (exact) mass is 393 g/mol. The Kier molecular flexibility index (Phi) is 4.89. The second-order valence-electron chi connectivity index (χ2n) is 6.12. The number of rotatable bonds is 7. The number of carbonyl (C=O) groups is 1. The Morgan fingerprint density at radius 2 is 1.79 bits per heavy atom. The molecule has 0 saturated heterocycles. The van der Waals surface area contributed by atoms with Crippen molar-refractivity contribution in [1.29, 1.82) is 0 Å². The minimum Gasteiger partial charge on any atom is -0.467 e. The smallest absolute Gasteiger partial charge is 0.295 e. The molecule has 0 spiro atoms. The zero-order valence-electron chi connectivity index (χ0n) is 15.0. The number of aromatic nitrogens is 3. The van der Waals surface area contributed by atoms with Crippen LogP contribution in [0.4, 0.5) is 5.69 Å². The van der Waals surface area contributed by atoms with Crippen molar-refractivity contribution in [2.75, 3.05) is 0 Å². The summed E-state index contributed by atoms with van der Waals surface area (Å²) >= 11 is 0. The van der Waals surface area contributed by atoms with Crippen LogP contribution in [0.5, 0.6) is 0 Å². The Morgan fingerprint density at radius 3 is 2.31 bits per heavy atom. The molecular weight excluding hydrogens is 378 g/mol. The highest BCUT2D eigenvalue weighted by Gasteiger charge is 2.24. The number of nitro groups is 1. The third-order valence-corrected chi connectivity index (χ3v) is 4.23. The average Bonchev–Trinajstić information content (AvgIpc) is 3.49. The quantitative estimate of drug-likeness (QED) is 0.349. The molecule has 0 fully saturated rings. The number of hydrogen-bond acceptors (Lipinski definition) is 7. The van der Waals surface area contributed by atoms with E-state index in [9.17, 15) is 14.9 Å². The van der Waals surface area contributed by atoms with Gasteiger partial charge in [-0.15, -0.1) is 0 Å². The van der Waals surface area contributed by atoms with Crippen molar-refractivity contribution >= 4 is 11.6 Å². The van der Waals surface area contributed by atoms with E-state index in [1.165, 1.54) is 53.0 Å². The molecule has 0 N–H and O–H groups in total. The number of nitro benzene ring substituents is 1. The Morgan fingerprint density at radius 1 is 1.10 bits per heavy atom. The summed E-state index contributed by atoms with van der Waals surface area (Å²) in [5, 5.41) is 15.5. The minimum absolute atomic E-state index is 0.165. The Labute approximate surface area is 164 Å². The van der Waals surface area contributed by atoms with E-state index in [2.05, 4.69) is 10.1 Å². The van der Waals surface area contributed by atoms with E-state index >= 15 is 0 Å². The molecule has 1 aromatic carbocycles. The van der Waals surface area contributed by atoms with Gasteiger partial charge in [0.05, 0.1) is 30.5 Å². The van der Waals surface area contributed by atoms with E-state index in [4.69, 9.17) is 8.83 Å². The first-order valence-electron chi connectivity index (χ1n) is 8.59. The zero-order chi connectivity index (χ0) is 20.2. The molecule has 0 saturated carbocycles. The Bertz CT molecular complexity index is 1070. The lowest BCUT2D eigenvalue weighted by molar-refractivity contribution is -0.384. The van der Waals surface area contributed by atoms with Crippen LogP contribution >= 0.6 is 0 Å². The second kappa shape index (κ2) is 7.80. The maximum Gasteiger partial charge on any atom is 0.295 e. The summed E-state index contributed by atoms with van der Waals surface area (Å²) in [4.78, 5) is 29.5. The van der Waals surface area contributed by atoms with Crippen molar-refractivity contribution in [3.63, 3.8) is 0 Å². The third kappa shape index (κ3) is 3.90. The molecule has 0 atom stereocenters. The summed E-state index contributed by atoms with van der Waals surface area (Å²) in [5.41, 5.74) is 0.128. The first-order chi connectivity index (χ1) is 14.1. The zero-order valence-corrected chi connectivity index (χ0v) is 15.0. The predicted molar refractivity (Wildman–Crippen MR) is 99.0 cm³/mol. The van der Waals surface area contributed by atoms with Crippen LogP contribution in [0, 0.1) is 10.1 Å². The summed E-state index contributed by atoms with van der Waals surface area (Å²) in [7, 11) is 0. The molecule has 0 unspecified atom stereocenters. The van der Waals surface area contributed by atoms with Crippen LogP contribution in [0.2, 0.25) is 0 Å². The minimum atomic E-state index is -0.558. The Hall–Kier alpha value is -4.21. The summed E-state index contributed by atoms with van der Waals surface area (Å²) in [5.74, 6) is 0.767. The molecule has 0 aliphatic rings. The molecule has 4 rings (SSSR count). The standard InChI is InChI=1S/C19H15N5O5/c25-19(22(10-15-3-1-7-28-15)11-16-4-2-8-29-16)14-5-6-17(18(9-14)24(26)27)23-13-20-12-21-23/h1-9,12-13H,10-11H2. The molecule has 10 heteroatoms. The first-order valence-corrected chi connectivity index (χ1v) is 8.59. The molecule has 10 nitrogen and oxygen atoms in total. The van der Waals surface area contributed by atoms with Gasteiger partial charge in [-0.25, -0.2) is 9.67 Å². The normalized spacial score (nSPS) is 10.8. The van der Waals surface area contributed by atoms with Crippen LogP contribution in [-0.4, -0.2) is 30.5 Å². The van der Waals surface area contributed by atoms with Crippen LogP contribution < -0.4 is 0 Å². The van der Waals surface area contributed by atoms with E-state index in [0.717, 1.165) is 0 Å². The van der Waals surface area contributed by atoms with Gasteiger partial charge in [0.15, 0.2) is 0 Å². The fourth-order valence-corrected chi connectivity index (χ4v) is 2.89. The molecule has 0 bridgehead atoms. The van der Waals surface area contributed by atoms with E-state index in [0.29, 0.717) is 11.5 Å². The average molecular weight is 393 g/mol. The third-order valence-electron chi connectivity index (χ3n) is 4.23. The summed E-state index contributed by atoms with van der Waals surface area (Å²) in [6.45, 7) is 0.371. The van der Waals surface area contributed by atoms with Crippen molar-refractivity contribution in [3.05, 3.63) is 94.8 Å². The second-order valence-corrected chi connectivity index (χ2v) is 6.12. The SMILES string of the molecule is O=C(c1ccc(-n2cncn2)c([N+](=O)[O-])c1)N(Cc1ccco1)Cc1ccco1. The van der Waals surface area contributed by atoms with E-state index < -0.39 is 10.8 Å². The van der Waals surface area contributed by atoms with Gasteiger partial charge in [-0.05, 0) is 36.4 Å². The first kappa shape index (κ1) is 18.2. The maximum absolute atomic E-state index is 13.2. The predicted octanol–water partition coefficient (Wildman–Crippen LogP) is 3.20. The lowest BCUT2D eigenvalue weighted by Gasteiger charge is -2.21. The van der Waals surface area contributed by atoms with Crippen molar-refractivity contribution in [2.24, 2.45) is 0 Å². The number of furan rings is 2. The molecule has 4 aromatic rings. The summed E-state index contributed by atoms with van der Waals surface area (Å²) in [6.07, 6.45) is 5.66. The number of hydrogen-bond donors (Lipinski definition) is 0. The van der Waals surface area contributed by atoms with Gasteiger partial charge in [0.2, 0.25) is 0 Å². The van der Waals surface area contributed by atoms with Gasteiger partial charge in [0.25, 0.3) is 11.6 Å². The van der Waals surface area contributed by atoms with E-state index in [-0.39, 0.29) is 30.0 Å². The highest BCUT2D eigenvalue weighted by Crippen LogP contribution is 2.25. The van der Waals surface area contributed by atoms with Crippen molar-refractivity contribution in [2.45, 2.75) is 13.1 Å². The lowest BCUT2D eigenvalue weighted by Crippen LogP contribution is -2.30. The van der Waals surface area contributed by atoms with Crippen LogP contribution in [0.25, 0.3) is 5.69 Å². The lowest BCUT2D eigenvalue weighted by atomic mass is 10.1. The van der Waals surface area contributed by atoms with Crippen molar-refractivity contribution < 1.29 is 18.6 Å². The fraction of sp³-hybridized carbons (Fsp3) is 0.105. The van der Waals surface area contributed by atoms with Crippen LogP contribution in [0.3, 0.4) is 0 Å². The molecule has 146 valence electrons. The molecule has 0 aliphatic heterocycles. The molecule has 0 radical (unpaired) electrons. The Balaban J connectivity index is 1.67. The van der Waals surface area contributed by atoms with Gasteiger partial charge < -0.3 is 13.7 Å². The molecular formula is C19H15N5O5. The summed E-state index contributed by atoms with van der Waals surface area (Å²) < 4.78 is 12.0. The van der Waals surface area contributed by atoms with Gasteiger partial charge in [-0.1, -0.05) is 0 Å². The number of nitrogens with zero attached hydrogens (tertiary/aromatic N) is 5. The highest BCUT2D eigenvalue weighted by molar-refractivity contribution is 5.95. The van der Waals surface area contributed by atoms with Crippen LogP contribution in [0.1, 0.15) is 21.9 Å². The molecule has 1 amide bonds. The number of benzene rings is 1. The molecule has 3 aromatic heterocycles. The topological polar surface area (TPSA) is 120 Å². The molecule has 3 heterocycles. The fourth-order valence-electron chi connectivity index (χ4n) is 2.89. The van der Waals surface area contributed by atoms with Crippen molar-refractivity contribution in [1.82, 2.24) is 19.7 Å². The van der Waals surface area contributed by atoms with Crippen molar-refractivity contribution in [3.8, 4) is 5.69 Å². The maximum atomic E-state index is 13.2. The number of amides is 1. The van der Waals surface area contributed by atoms with Gasteiger partial charge in [-0.2, -0.15) is 5.10 Å². The van der Waals surface area contributed by atoms with Crippen LogP contribution in [0.15, 0.2) is 76.5 Å².